The van der Waals surface area contributed by atoms with Gasteiger partial charge in [-0.15, -0.1) is 0 Å². The van der Waals surface area contributed by atoms with Gasteiger partial charge in [-0.1, -0.05) is 12.1 Å². The topological polar surface area (TPSA) is 78.8 Å². The van der Waals surface area contributed by atoms with E-state index in [1.54, 1.807) is 24.3 Å². The number of benzene rings is 1. The van der Waals surface area contributed by atoms with Crippen molar-refractivity contribution in [3.8, 4) is 0 Å². The summed E-state index contributed by atoms with van der Waals surface area (Å²) in [5, 5.41) is 0. The SMILES string of the molecule is CN(C)S(=O)(=O)Nc1ccccc1N=S(C)(C)=O. The molecule has 0 saturated carbocycles. The maximum absolute atomic E-state index is 11.7. The Morgan fingerprint density at radius 2 is 1.67 bits per heavy atom. The molecule has 8 heteroatoms. The molecule has 0 unspecified atom stereocenters. The van der Waals surface area contributed by atoms with Gasteiger partial charge in [-0.25, -0.2) is 4.21 Å². The minimum absolute atomic E-state index is 0.308. The summed E-state index contributed by atoms with van der Waals surface area (Å²) in [5.74, 6) is 0. The van der Waals surface area contributed by atoms with Gasteiger partial charge in [0, 0.05) is 36.3 Å². The molecule has 0 fully saturated rings. The van der Waals surface area contributed by atoms with Crippen LogP contribution in [0.2, 0.25) is 0 Å². The molecule has 6 nitrogen and oxygen atoms in total. The standard InChI is InChI=1S/C10H17N3O3S2/c1-13(2)18(15,16)12-10-8-6-5-7-9(10)11-17(3,4)14/h5-8,12H,1-4H3. The highest BCUT2D eigenvalue weighted by Gasteiger charge is 2.15. The molecule has 0 aliphatic rings. The fourth-order valence-corrected chi connectivity index (χ4v) is 2.37. The maximum Gasteiger partial charge on any atom is 0.301 e. The van der Waals surface area contributed by atoms with Crippen molar-refractivity contribution >= 4 is 31.3 Å². The normalized spacial score (nSPS) is 12.5. The minimum Gasteiger partial charge on any atom is -0.269 e. The predicted molar refractivity (Wildman–Crippen MR) is 74.7 cm³/mol. The van der Waals surface area contributed by atoms with Gasteiger partial charge in [0.2, 0.25) is 0 Å². The predicted octanol–water partition coefficient (Wildman–Crippen LogP) is 1.26. The molecule has 0 bridgehead atoms. The van der Waals surface area contributed by atoms with Crippen LogP contribution < -0.4 is 4.72 Å². The average molecular weight is 291 g/mol. The molecule has 1 rings (SSSR count). The van der Waals surface area contributed by atoms with Crippen LogP contribution in [0.25, 0.3) is 0 Å². The zero-order valence-electron chi connectivity index (χ0n) is 10.7. The Kier molecular flexibility index (Phi) is 4.36. The van der Waals surface area contributed by atoms with Gasteiger partial charge in [0.05, 0.1) is 11.4 Å². The van der Waals surface area contributed by atoms with Crippen molar-refractivity contribution in [1.29, 1.82) is 0 Å². The lowest BCUT2D eigenvalue weighted by Gasteiger charge is -2.14. The lowest BCUT2D eigenvalue weighted by molar-refractivity contribution is 0.527. The fraction of sp³-hybridized carbons (Fsp3) is 0.400. The zero-order valence-corrected chi connectivity index (χ0v) is 12.4. The lowest BCUT2D eigenvalue weighted by Crippen LogP contribution is -2.28. The Morgan fingerprint density at radius 3 is 2.17 bits per heavy atom. The third-order valence-electron chi connectivity index (χ3n) is 1.94. The highest BCUT2D eigenvalue weighted by atomic mass is 32.2. The van der Waals surface area contributed by atoms with Crippen LogP contribution in [0.5, 0.6) is 0 Å². The molecule has 0 aliphatic heterocycles. The van der Waals surface area contributed by atoms with E-state index < -0.39 is 19.9 Å². The van der Waals surface area contributed by atoms with Crippen LogP contribution in [0.15, 0.2) is 28.6 Å². The van der Waals surface area contributed by atoms with E-state index >= 15 is 0 Å². The Bertz CT molecular complexity index is 636. The quantitative estimate of drug-likeness (QED) is 0.907. The van der Waals surface area contributed by atoms with Crippen LogP contribution >= 0.6 is 0 Å². The van der Waals surface area contributed by atoms with E-state index in [4.69, 9.17) is 0 Å². The summed E-state index contributed by atoms with van der Waals surface area (Å²) < 4.78 is 42.6. The molecule has 0 atom stereocenters. The zero-order chi connectivity index (χ0) is 14.0. The maximum atomic E-state index is 11.7. The van der Waals surface area contributed by atoms with Gasteiger partial charge in [-0.05, 0) is 12.1 Å². The third kappa shape index (κ3) is 4.28. The lowest BCUT2D eigenvalue weighted by atomic mass is 10.3. The van der Waals surface area contributed by atoms with E-state index in [1.807, 2.05) is 0 Å². The van der Waals surface area contributed by atoms with Crippen LogP contribution in [0.3, 0.4) is 0 Å². The van der Waals surface area contributed by atoms with Crippen LogP contribution in [0.4, 0.5) is 11.4 Å². The van der Waals surface area contributed by atoms with Gasteiger partial charge in [-0.2, -0.15) is 17.1 Å². The third-order valence-corrected chi connectivity index (χ3v) is 4.02. The van der Waals surface area contributed by atoms with Gasteiger partial charge in [0.15, 0.2) is 0 Å². The number of nitrogens with one attached hydrogen (secondary N) is 1. The van der Waals surface area contributed by atoms with Gasteiger partial charge in [0.25, 0.3) is 0 Å². The highest BCUT2D eigenvalue weighted by Crippen LogP contribution is 2.26. The number of nitrogens with zero attached hydrogens (tertiary/aromatic N) is 2. The summed E-state index contributed by atoms with van der Waals surface area (Å²) in [6.45, 7) is 0. The molecule has 1 aromatic rings. The van der Waals surface area contributed by atoms with Crippen LogP contribution in [-0.2, 0) is 19.9 Å². The van der Waals surface area contributed by atoms with Crippen molar-refractivity contribution in [2.24, 2.45) is 4.36 Å². The molecule has 0 heterocycles. The molecular formula is C10H17N3O3S2. The van der Waals surface area contributed by atoms with Crippen molar-refractivity contribution in [3.63, 3.8) is 0 Å². The van der Waals surface area contributed by atoms with Crippen molar-refractivity contribution in [3.05, 3.63) is 24.3 Å². The van der Waals surface area contributed by atoms with Crippen molar-refractivity contribution in [1.82, 2.24) is 4.31 Å². The molecule has 0 saturated heterocycles. The van der Waals surface area contributed by atoms with Crippen molar-refractivity contribution in [2.45, 2.75) is 0 Å². The number of para-hydroxylation sites is 1. The summed E-state index contributed by atoms with van der Waals surface area (Å²) >= 11 is 0. The first-order valence-corrected chi connectivity index (χ1v) is 8.85. The smallest absolute Gasteiger partial charge is 0.269 e. The first-order chi connectivity index (χ1) is 8.12. The van der Waals surface area contributed by atoms with Crippen LogP contribution in [0.1, 0.15) is 0 Å². The van der Waals surface area contributed by atoms with Crippen molar-refractivity contribution < 1.29 is 12.6 Å². The molecule has 0 amide bonds. The largest absolute Gasteiger partial charge is 0.301 e. The van der Waals surface area contributed by atoms with Gasteiger partial charge < -0.3 is 0 Å². The van der Waals surface area contributed by atoms with E-state index in [9.17, 15) is 12.6 Å². The number of hydrogen-bond donors (Lipinski definition) is 1. The monoisotopic (exact) mass is 291 g/mol. The highest BCUT2D eigenvalue weighted by molar-refractivity contribution is 7.92. The van der Waals surface area contributed by atoms with E-state index in [0.717, 1.165) is 4.31 Å². The average Bonchev–Trinajstić information content (AvgIpc) is 2.18. The summed E-state index contributed by atoms with van der Waals surface area (Å²) in [5.41, 5.74) is 0.667. The van der Waals surface area contributed by atoms with Gasteiger partial charge in [0.1, 0.15) is 0 Å². The van der Waals surface area contributed by atoms with E-state index in [2.05, 4.69) is 9.08 Å². The van der Waals surface area contributed by atoms with Crippen LogP contribution in [0, 0.1) is 0 Å². The van der Waals surface area contributed by atoms with Crippen molar-refractivity contribution in [2.75, 3.05) is 31.3 Å². The molecule has 18 heavy (non-hydrogen) atoms. The van der Waals surface area contributed by atoms with E-state index in [0.29, 0.717) is 11.4 Å². The number of hydrogen-bond acceptors (Lipinski definition) is 4. The molecule has 1 N–H and O–H groups in total. The molecular weight excluding hydrogens is 274 g/mol. The molecule has 1 aromatic carbocycles. The van der Waals surface area contributed by atoms with Gasteiger partial charge >= 0.3 is 10.2 Å². The first-order valence-electron chi connectivity index (χ1n) is 5.08. The minimum atomic E-state index is -3.60. The molecule has 102 valence electrons. The molecule has 0 aromatic heterocycles. The van der Waals surface area contributed by atoms with Crippen LogP contribution in [-0.4, -0.2) is 43.5 Å². The molecule has 0 aliphatic carbocycles. The Labute approximate surface area is 108 Å². The Morgan fingerprint density at radius 1 is 1.11 bits per heavy atom. The van der Waals surface area contributed by atoms with E-state index in [1.165, 1.54) is 26.6 Å². The number of rotatable bonds is 4. The Hall–Kier alpha value is -1.12. The second kappa shape index (κ2) is 5.25. The van der Waals surface area contributed by atoms with Gasteiger partial charge in [-0.3, -0.25) is 4.72 Å². The summed E-state index contributed by atoms with van der Waals surface area (Å²) in [4.78, 5) is 0. The second-order valence-electron chi connectivity index (χ2n) is 4.18. The first kappa shape index (κ1) is 14.9. The number of anilines is 1. The fourth-order valence-electron chi connectivity index (χ4n) is 1.11. The summed E-state index contributed by atoms with van der Waals surface area (Å²) in [6.07, 6.45) is 2.98. The summed E-state index contributed by atoms with van der Waals surface area (Å²) in [6, 6.07) is 6.57. The Balaban J connectivity index is 3.25. The molecule has 0 spiro atoms. The molecule has 0 radical (unpaired) electrons. The second-order valence-corrected chi connectivity index (χ2v) is 8.61. The van der Waals surface area contributed by atoms with E-state index in [-0.39, 0.29) is 0 Å². The summed E-state index contributed by atoms with van der Waals surface area (Å²) in [7, 11) is -3.10.